The summed E-state index contributed by atoms with van der Waals surface area (Å²) in [6.45, 7) is 1.98. The Morgan fingerprint density at radius 2 is 1.41 bits per heavy atom. The summed E-state index contributed by atoms with van der Waals surface area (Å²) in [5, 5.41) is 0. The van der Waals surface area contributed by atoms with E-state index in [9.17, 15) is 0 Å². The lowest BCUT2D eigenvalue weighted by Gasteiger charge is -2.09. The fraction of sp³-hybridized carbons (Fsp3) is 0.0909. The summed E-state index contributed by atoms with van der Waals surface area (Å²) in [7, 11) is 0. The van der Waals surface area contributed by atoms with Crippen molar-refractivity contribution in [1.82, 2.24) is 29.1 Å². The number of hydrogen-bond donors (Lipinski definition) is 0. The largest absolute Gasteiger partial charge is 0.290 e. The van der Waals surface area contributed by atoms with E-state index in [1.165, 1.54) is 6.33 Å². The highest BCUT2D eigenvalue weighted by atomic mass is 15.2. The van der Waals surface area contributed by atoms with Gasteiger partial charge in [0, 0.05) is 30.4 Å². The highest BCUT2D eigenvalue weighted by molar-refractivity contribution is 5.43. The van der Waals surface area contributed by atoms with E-state index in [1.807, 2.05) is 28.5 Å². The minimum Gasteiger partial charge on any atom is -0.290 e. The Balaban J connectivity index is 2.17. The molecule has 17 heavy (non-hydrogen) atoms. The molecular formula is C11H10N6. The van der Waals surface area contributed by atoms with Gasteiger partial charge in [-0.1, -0.05) is 0 Å². The molecule has 6 heteroatoms. The smallest absolute Gasteiger partial charge is 0.146 e. The Bertz CT molecular complexity index is 559. The van der Waals surface area contributed by atoms with Crippen LogP contribution >= 0.6 is 0 Å². The minimum absolute atomic E-state index is 0.821. The average Bonchev–Trinajstić information content (AvgIpc) is 3.02. The first-order chi connectivity index (χ1) is 8.36. The van der Waals surface area contributed by atoms with Gasteiger partial charge in [-0.3, -0.25) is 9.13 Å². The molecule has 0 spiro atoms. The van der Waals surface area contributed by atoms with Crippen molar-refractivity contribution in [3.05, 3.63) is 49.3 Å². The van der Waals surface area contributed by atoms with E-state index < -0.39 is 0 Å². The van der Waals surface area contributed by atoms with E-state index in [4.69, 9.17) is 0 Å². The van der Waals surface area contributed by atoms with Crippen molar-refractivity contribution < 1.29 is 0 Å². The second kappa shape index (κ2) is 3.82. The lowest BCUT2D eigenvalue weighted by molar-refractivity contribution is 0.899. The lowest BCUT2D eigenvalue weighted by Crippen LogP contribution is -2.05. The molecule has 6 nitrogen and oxygen atoms in total. The zero-order valence-corrected chi connectivity index (χ0v) is 9.22. The van der Waals surface area contributed by atoms with Gasteiger partial charge in [-0.25, -0.2) is 19.9 Å². The van der Waals surface area contributed by atoms with Crippen LogP contribution in [0.3, 0.4) is 0 Å². The molecule has 0 radical (unpaired) electrons. The molecule has 3 rings (SSSR count). The topological polar surface area (TPSA) is 61.4 Å². The number of rotatable bonds is 2. The molecule has 3 heterocycles. The van der Waals surface area contributed by atoms with Gasteiger partial charge in [0.25, 0.3) is 0 Å². The molecule has 0 atom stereocenters. The number of aromatic nitrogens is 6. The molecule has 0 aliphatic heterocycles. The quantitative estimate of drug-likeness (QED) is 0.657. The second-order valence-corrected chi connectivity index (χ2v) is 3.59. The third kappa shape index (κ3) is 1.59. The third-order valence-corrected chi connectivity index (χ3v) is 2.53. The molecule has 0 unspecified atom stereocenters. The Labute approximate surface area is 97.6 Å². The first-order valence-electron chi connectivity index (χ1n) is 5.14. The summed E-state index contributed by atoms with van der Waals surface area (Å²) in [5.74, 6) is 1.64. The Kier molecular flexibility index (Phi) is 2.18. The highest BCUT2D eigenvalue weighted by Crippen LogP contribution is 2.16. The number of hydrogen-bond acceptors (Lipinski definition) is 4. The van der Waals surface area contributed by atoms with Gasteiger partial charge in [0.15, 0.2) is 0 Å². The van der Waals surface area contributed by atoms with Gasteiger partial charge < -0.3 is 0 Å². The van der Waals surface area contributed by atoms with Crippen molar-refractivity contribution in [2.24, 2.45) is 0 Å². The summed E-state index contributed by atoms with van der Waals surface area (Å²) in [6.07, 6.45) is 12.1. The van der Waals surface area contributed by atoms with E-state index in [-0.39, 0.29) is 0 Å². The van der Waals surface area contributed by atoms with Gasteiger partial charge in [-0.2, -0.15) is 0 Å². The van der Waals surface area contributed by atoms with Crippen LogP contribution < -0.4 is 0 Å². The van der Waals surface area contributed by atoms with E-state index in [0.29, 0.717) is 0 Å². The summed E-state index contributed by atoms with van der Waals surface area (Å²) < 4.78 is 3.72. The number of imidazole rings is 2. The molecule has 0 fully saturated rings. The van der Waals surface area contributed by atoms with E-state index in [2.05, 4.69) is 19.9 Å². The average molecular weight is 226 g/mol. The molecule has 0 aliphatic rings. The standard InChI is InChI=1S/C11H10N6/c1-9-10(16-4-2-12-7-16)14-6-15-11(9)17-5-3-13-8-17/h2-8H,1H3. The molecule has 3 aromatic heterocycles. The van der Waals surface area contributed by atoms with Crippen LogP contribution in [0.4, 0.5) is 0 Å². The van der Waals surface area contributed by atoms with Crippen molar-refractivity contribution in [3.8, 4) is 11.6 Å². The molecule has 0 saturated heterocycles. The first-order valence-corrected chi connectivity index (χ1v) is 5.14. The van der Waals surface area contributed by atoms with Gasteiger partial charge in [-0.15, -0.1) is 0 Å². The van der Waals surface area contributed by atoms with E-state index >= 15 is 0 Å². The fourth-order valence-corrected chi connectivity index (χ4v) is 1.72. The maximum Gasteiger partial charge on any atom is 0.146 e. The third-order valence-electron chi connectivity index (χ3n) is 2.53. The normalized spacial score (nSPS) is 10.6. The highest BCUT2D eigenvalue weighted by Gasteiger charge is 2.09. The Hall–Kier alpha value is -2.50. The maximum atomic E-state index is 4.27. The SMILES string of the molecule is Cc1c(-n2ccnc2)ncnc1-n1ccnc1. The van der Waals surface area contributed by atoms with Crippen LogP contribution in [-0.2, 0) is 0 Å². The molecule has 0 saturated carbocycles. The van der Waals surface area contributed by atoms with Crippen LogP contribution in [-0.4, -0.2) is 29.1 Å². The summed E-state index contributed by atoms with van der Waals surface area (Å²) in [4.78, 5) is 16.6. The molecule has 84 valence electrons. The van der Waals surface area contributed by atoms with Gasteiger partial charge in [-0.05, 0) is 6.92 Å². The number of nitrogens with zero attached hydrogens (tertiary/aromatic N) is 6. The van der Waals surface area contributed by atoms with Crippen molar-refractivity contribution in [2.75, 3.05) is 0 Å². The fourth-order valence-electron chi connectivity index (χ4n) is 1.72. The van der Waals surface area contributed by atoms with Crippen molar-refractivity contribution >= 4 is 0 Å². The van der Waals surface area contributed by atoms with Crippen molar-refractivity contribution in [1.29, 1.82) is 0 Å². The Morgan fingerprint density at radius 3 is 1.82 bits per heavy atom. The second-order valence-electron chi connectivity index (χ2n) is 3.59. The monoisotopic (exact) mass is 226 g/mol. The summed E-state index contributed by atoms with van der Waals surface area (Å²) in [6, 6.07) is 0. The van der Waals surface area contributed by atoms with Crippen molar-refractivity contribution in [3.63, 3.8) is 0 Å². The summed E-state index contributed by atoms with van der Waals surface area (Å²) >= 11 is 0. The van der Waals surface area contributed by atoms with Gasteiger partial charge in [0.2, 0.25) is 0 Å². The lowest BCUT2D eigenvalue weighted by atomic mass is 10.3. The van der Waals surface area contributed by atoms with Gasteiger partial charge >= 0.3 is 0 Å². The minimum atomic E-state index is 0.821. The molecule has 0 N–H and O–H groups in total. The zero-order chi connectivity index (χ0) is 11.7. The first kappa shape index (κ1) is 9.71. The van der Waals surface area contributed by atoms with Gasteiger partial charge in [0.1, 0.15) is 30.6 Å². The molecule has 0 aromatic carbocycles. The van der Waals surface area contributed by atoms with E-state index in [1.54, 1.807) is 25.0 Å². The molecule has 3 aromatic rings. The zero-order valence-electron chi connectivity index (χ0n) is 9.22. The van der Waals surface area contributed by atoms with Crippen LogP contribution in [0.15, 0.2) is 43.8 Å². The summed E-state index contributed by atoms with van der Waals surface area (Å²) in [5.41, 5.74) is 0.975. The molecular weight excluding hydrogens is 216 g/mol. The Morgan fingerprint density at radius 1 is 0.882 bits per heavy atom. The maximum absolute atomic E-state index is 4.27. The van der Waals surface area contributed by atoms with Gasteiger partial charge in [0.05, 0.1) is 0 Å². The van der Waals surface area contributed by atoms with E-state index in [0.717, 1.165) is 17.2 Å². The van der Waals surface area contributed by atoms with Crippen LogP contribution in [0.2, 0.25) is 0 Å². The van der Waals surface area contributed by atoms with Crippen LogP contribution in [0.1, 0.15) is 5.56 Å². The van der Waals surface area contributed by atoms with Crippen LogP contribution in [0.25, 0.3) is 11.6 Å². The predicted octanol–water partition coefficient (Wildman–Crippen LogP) is 1.16. The van der Waals surface area contributed by atoms with Crippen LogP contribution in [0.5, 0.6) is 0 Å². The predicted molar refractivity (Wildman–Crippen MR) is 61.0 cm³/mol. The molecule has 0 aliphatic carbocycles. The van der Waals surface area contributed by atoms with Crippen LogP contribution in [0, 0.1) is 6.92 Å². The molecule has 0 bridgehead atoms. The van der Waals surface area contributed by atoms with Crippen molar-refractivity contribution in [2.45, 2.75) is 6.92 Å². The molecule has 0 amide bonds.